The fourth-order valence-electron chi connectivity index (χ4n) is 2.35. The molecule has 0 aliphatic rings. The van der Waals surface area contributed by atoms with Crippen molar-refractivity contribution in [1.29, 1.82) is 0 Å². The van der Waals surface area contributed by atoms with Crippen LogP contribution in [0.2, 0.25) is 0 Å². The van der Waals surface area contributed by atoms with Crippen LogP contribution in [-0.4, -0.2) is 11.2 Å². The SMILES string of the molecule is CC.Cc1noc(-c2ccc(Br)cc2)c1COC(=O)NCc1ccccc1. The van der Waals surface area contributed by atoms with Crippen LogP contribution in [0.1, 0.15) is 30.7 Å². The highest BCUT2D eigenvalue weighted by molar-refractivity contribution is 9.10. The van der Waals surface area contributed by atoms with Gasteiger partial charge in [-0.2, -0.15) is 0 Å². The van der Waals surface area contributed by atoms with Crippen molar-refractivity contribution in [2.45, 2.75) is 33.9 Å². The fourth-order valence-corrected chi connectivity index (χ4v) is 2.61. The van der Waals surface area contributed by atoms with E-state index in [9.17, 15) is 4.79 Å². The summed E-state index contributed by atoms with van der Waals surface area (Å²) < 4.78 is 11.7. The quantitative estimate of drug-likeness (QED) is 0.549. The lowest BCUT2D eigenvalue weighted by molar-refractivity contribution is 0.139. The number of benzene rings is 2. The summed E-state index contributed by atoms with van der Waals surface area (Å²) in [6, 6.07) is 17.3. The molecule has 142 valence electrons. The van der Waals surface area contributed by atoms with Crippen LogP contribution in [0, 0.1) is 6.92 Å². The lowest BCUT2D eigenvalue weighted by atomic mass is 10.1. The number of alkyl carbamates (subject to hydrolysis) is 1. The number of hydrogen-bond donors (Lipinski definition) is 1. The average Bonchev–Trinajstić information content (AvgIpc) is 3.08. The molecule has 3 aromatic rings. The van der Waals surface area contributed by atoms with Gasteiger partial charge in [-0.25, -0.2) is 4.79 Å². The number of nitrogens with one attached hydrogen (secondary N) is 1. The van der Waals surface area contributed by atoms with Gasteiger partial charge in [0.15, 0.2) is 5.76 Å². The van der Waals surface area contributed by atoms with Gasteiger partial charge in [-0.3, -0.25) is 0 Å². The molecule has 0 saturated heterocycles. The second-order valence-electron chi connectivity index (χ2n) is 5.50. The maximum atomic E-state index is 11.9. The number of amides is 1. The van der Waals surface area contributed by atoms with E-state index in [1.807, 2.05) is 75.4 Å². The summed E-state index contributed by atoms with van der Waals surface area (Å²) in [6.07, 6.45) is -0.480. The fraction of sp³-hybridized carbons (Fsp3) is 0.238. The first-order chi connectivity index (χ1) is 13.1. The van der Waals surface area contributed by atoms with E-state index in [4.69, 9.17) is 9.26 Å². The first-order valence-corrected chi connectivity index (χ1v) is 9.58. The molecule has 0 unspecified atom stereocenters. The van der Waals surface area contributed by atoms with Crippen LogP contribution < -0.4 is 5.32 Å². The molecule has 1 amide bonds. The average molecular weight is 431 g/mol. The number of carbonyl (C=O) groups excluding carboxylic acids is 1. The first-order valence-electron chi connectivity index (χ1n) is 8.79. The molecule has 1 aromatic heterocycles. The van der Waals surface area contributed by atoms with Gasteiger partial charge in [0.25, 0.3) is 0 Å². The number of ether oxygens (including phenoxy) is 1. The summed E-state index contributed by atoms with van der Waals surface area (Å²) >= 11 is 3.40. The third kappa shape index (κ3) is 5.96. The summed E-state index contributed by atoms with van der Waals surface area (Å²) in [4.78, 5) is 11.9. The van der Waals surface area contributed by atoms with Crippen molar-refractivity contribution >= 4 is 22.0 Å². The molecule has 3 rings (SSSR count). The molecule has 1 heterocycles. The van der Waals surface area contributed by atoms with Gasteiger partial charge in [-0.1, -0.05) is 77.4 Å². The summed E-state index contributed by atoms with van der Waals surface area (Å²) in [5, 5.41) is 6.72. The maximum absolute atomic E-state index is 11.9. The van der Waals surface area contributed by atoms with Crippen molar-refractivity contribution < 1.29 is 14.1 Å². The van der Waals surface area contributed by atoms with E-state index in [0.717, 1.165) is 21.2 Å². The molecule has 27 heavy (non-hydrogen) atoms. The predicted octanol–water partition coefficient (Wildman–Crippen LogP) is 5.87. The lowest BCUT2D eigenvalue weighted by Gasteiger charge is -2.07. The Bertz CT molecular complexity index is 846. The topological polar surface area (TPSA) is 64.4 Å². The van der Waals surface area contributed by atoms with E-state index in [2.05, 4.69) is 26.4 Å². The van der Waals surface area contributed by atoms with Gasteiger partial charge in [0, 0.05) is 16.6 Å². The first kappa shape index (κ1) is 20.7. The number of aryl methyl sites for hydroxylation is 1. The lowest BCUT2D eigenvalue weighted by Crippen LogP contribution is -2.23. The van der Waals surface area contributed by atoms with Crippen LogP contribution in [0.3, 0.4) is 0 Å². The van der Waals surface area contributed by atoms with Gasteiger partial charge < -0.3 is 14.6 Å². The molecule has 5 nitrogen and oxygen atoms in total. The normalized spacial score (nSPS) is 9.93. The Morgan fingerprint density at radius 3 is 2.44 bits per heavy atom. The molecule has 0 bridgehead atoms. The third-order valence-electron chi connectivity index (χ3n) is 3.72. The van der Waals surface area contributed by atoms with Crippen molar-refractivity contribution in [3.8, 4) is 11.3 Å². The minimum Gasteiger partial charge on any atom is -0.444 e. The third-order valence-corrected chi connectivity index (χ3v) is 4.25. The Balaban J connectivity index is 0.00000126. The van der Waals surface area contributed by atoms with E-state index >= 15 is 0 Å². The van der Waals surface area contributed by atoms with Gasteiger partial charge in [-0.05, 0) is 24.6 Å². The Hall–Kier alpha value is -2.60. The van der Waals surface area contributed by atoms with Crippen molar-refractivity contribution in [3.63, 3.8) is 0 Å². The zero-order chi connectivity index (χ0) is 19.6. The van der Waals surface area contributed by atoms with E-state index < -0.39 is 6.09 Å². The maximum Gasteiger partial charge on any atom is 0.407 e. The van der Waals surface area contributed by atoms with Gasteiger partial charge in [0.05, 0.1) is 11.3 Å². The number of hydrogen-bond acceptors (Lipinski definition) is 4. The number of rotatable bonds is 5. The Morgan fingerprint density at radius 2 is 1.78 bits per heavy atom. The highest BCUT2D eigenvalue weighted by Crippen LogP contribution is 2.28. The molecular formula is C21H23BrN2O3. The number of nitrogens with zero attached hydrogens (tertiary/aromatic N) is 1. The van der Waals surface area contributed by atoms with Crippen molar-refractivity contribution in [3.05, 3.63) is 75.9 Å². The molecule has 0 aliphatic heterocycles. The van der Waals surface area contributed by atoms with E-state index in [1.54, 1.807) is 0 Å². The molecular weight excluding hydrogens is 408 g/mol. The highest BCUT2D eigenvalue weighted by Gasteiger charge is 2.16. The monoisotopic (exact) mass is 430 g/mol. The number of carbonyl (C=O) groups is 1. The Kier molecular flexibility index (Phi) is 8.07. The smallest absolute Gasteiger partial charge is 0.407 e. The molecule has 0 aliphatic carbocycles. The molecule has 0 radical (unpaired) electrons. The molecule has 2 aromatic carbocycles. The van der Waals surface area contributed by atoms with Crippen molar-refractivity contribution in [1.82, 2.24) is 10.5 Å². The van der Waals surface area contributed by atoms with E-state index in [-0.39, 0.29) is 6.61 Å². The minimum absolute atomic E-state index is 0.0986. The van der Waals surface area contributed by atoms with Crippen molar-refractivity contribution in [2.24, 2.45) is 0 Å². The van der Waals surface area contributed by atoms with E-state index in [0.29, 0.717) is 18.0 Å². The number of halogens is 1. The van der Waals surface area contributed by atoms with Crippen molar-refractivity contribution in [2.75, 3.05) is 0 Å². The number of aromatic nitrogens is 1. The van der Waals surface area contributed by atoms with Crippen LogP contribution in [0.4, 0.5) is 4.79 Å². The van der Waals surface area contributed by atoms with E-state index in [1.165, 1.54) is 0 Å². The van der Waals surface area contributed by atoms with Gasteiger partial charge >= 0.3 is 6.09 Å². The molecule has 6 heteroatoms. The van der Waals surface area contributed by atoms with Gasteiger partial charge in [-0.15, -0.1) is 0 Å². The summed E-state index contributed by atoms with van der Waals surface area (Å²) in [6.45, 7) is 6.34. The summed E-state index contributed by atoms with van der Waals surface area (Å²) in [7, 11) is 0. The van der Waals surface area contributed by atoms with Gasteiger partial charge in [0.1, 0.15) is 6.61 Å². The second-order valence-corrected chi connectivity index (χ2v) is 6.41. The highest BCUT2D eigenvalue weighted by atomic mass is 79.9. The summed E-state index contributed by atoms with van der Waals surface area (Å²) in [5.74, 6) is 0.612. The van der Waals surface area contributed by atoms with Crippen LogP contribution in [0.5, 0.6) is 0 Å². The summed E-state index contributed by atoms with van der Waals surface area (Å²) in [5.41, 5.74) is 3.36. The largest absolute Gasteiger partial charge is 0.444 e. The molecule has 1 N–H and O–H groups in total. The minimum atomic E-state index is -0.480. The molecule has 0 fully saturated rings. The standard InChI is InChI=1S/C19H17BrN2O3.C2H6/c1-13-17(18(25-22-13)15-7-9-16(20)10-8-15)12-24-19(23)21-11-14-5-3-2-4-6-14;1-2/h2-10H,11-12H2,1H3,(H,21,23);1-2H3. The molecule has 0 atom stereocenters. The Morgan fingerprint density at radius 1 is 1.11 bits per heavy atom. The zero-order valence-electron chi connectivity index (χ0n) is 15.7. The second kappa shape index (κ2) is 10.5. The zero-order valence-corrected chi connectivity index (χ0v) is 17.2. The van der Waals surface area contributed by atoms with Crippen LogP contribution in [0.25, 0.3) is 11.3 Å². The van der Waals surface area contributed by atoms with Gasteiger partial charge in [0.2, 0.25) is 0 Å². The predicted molar refractivity (Wildman–Crippen MR) is 109 cm³/mol. The molecule has 0 spiro atoms. The molecule has 0 saturated carbocycles. The van der Waals surface area contributed by atoms with Crippen LogP contribution >= 0.6 is 15.9 Å². The van der Waals surface area contributed by atoms with Crippen LogP contribution in [0.15, 0.2) is 63.6 Å². The Labute approximate surface area is 167 Å². The van der Waals surface area contributed by atoms with Crippen LogP contribution in [-0.2, 0) is 17.9 Å².